The number of ether oxygens (including phenoxy) is 1. The van der Waals surface area contributed by atoms with Crippen LogP contribution < -0.4 is 26.0 Å². The molecule has 3 aliphatic rings. The molecular weight excluding hydrogens is 392 g/mol. The molecule has 0 spiro atoms. The van der Waals surface area contributed by atoms with E-state index < -0.39 is 6.35 Å². The van der Waals surface area contributed by atoms with Crippen LogP contribution in [0.4, 0.5) is 11.5 Å². The molecule has 0 bridgehead atoms. The zero-order chi connectivity index (χ0) is 20.9. The van der Waals surface area contributed by atoms with Crippen molar-refractivity contribution < 1.29 is 4.74 Å². The second-order valence-corrected chi connectivity index (χ2v) is 8.57. The first-order valence-electron chi connectivity index (χ1n) is 10.8. The van der Waals surface area contributed by atoms with Gasteiger partial charge in [0.15, 0.2) is 5.65 Å². The molecule has 3 aliphatic heterocycles. The third-order valence-electron chi connectivity index (χ3n) is 6.32. The fourth-order valence-electron chi connectivity index (χ4n) is 4.59. The van der Waals surface area contributed by atoms with E-state index in [-0.39, 0.29) is 0 Å². The number of anilines is 2. The maximum absolute atomic E-state index is 5.80. The highest BCUT2D eigenvalue weighted by Crippen LogP contribution is 2.34. The Balaban J connectivity index is 1.22. The number of hydrogen-bond acceptors (Lipinski definition) is 9. The first kappa shape index (κ1) is 18.7. The van der Waals surface area contributed by atoms with Gasteiger partial charge in [-0.05, 0) is 37.3 Å². The molecule has 1 unspecified atom stereocenters. The van der Waals surface area contributed by atoms with Crippen LogP contribution in [0.2, 0.25) is 0 Å². The van der Waals surface area contributed by atoms with E-state index in [4.69, 9.17) is 20.4 Å². The van der Waals surface area contributed by atoms with Crippen molar-refractivity contribution in [1.82, 2.24) is 25.2 Å². The van der Waals surface area contributed by atoms with Gasteiger partial charge in [0, 0.05) is 50.4 Å². The second-order valence-electron chi connectivity index (χ2n) is 8.57. The van der Waals surface area contributed by atoms with Gasteiger partial charge in [-0.1, -0.05) is 0 Å². The average Bonchev–Trinajstić information content (AvgIpc) is 3.11. The van der Waals surface area contributed by atoms with Crippen LogP contribution in [0.25, 0.3) is 22.4 Å². The average molecular weight is 419 g/mol. The van der Waals surface area contributed by atoms with E-state index in [1.54, 1.807) is 0 Å². The van der Waals surface area contributed by atoms with Gasteiger partial charge in [0.1, 0.15) is 17.1 Å². The Morgan fingerprint density at radius 3 is 2.90 bits per heavy atom. The van der Waals surface area contributed by atoms with Crippen LogP contribution >= 0.6 is 0 Å². The standard InChI is InChI=1S/C22H26N8O/c1-13-10-29(7-6-24-13)15-11-30(12-15)20-9-25-17-4-3-16(26-21(17)28-20)14-2-5-19-18(8-14)27-22(23)31-19/h2-5,8-9,13,15,22,24,27H,6-7,10-12,23H2,1H3/t13-,22?/m0/s1. The van der Waals surface area contributed by atoms with Crippen molar-refractivity contribution in [1.29, 1.82) is 0 Å². The molecule has 9 heteroatoms. The molecule has 0 saturated carbocycles. The van der Waals surface area contributed by atoms with Crippen molar-refractivity contribution in [2.24, 2.45) is 5.73 Å². The summed E-state index contributed by atoms with van der Waals surface area (Å²) in [5.41, 5.74) is 9.96. The number of nitrogens with one attached hydrogen (secondary N) is 2. The minimum atomic E-state index is -0.506. The van der Waals surface area contributed by atoms with Crippen LogP contribution in [0.1, 0.15) is 6.92 Å². The van der Waals surface area contributed by atoms with Gasteiger partial charge in [0.25, 0.3) is 0 Å². The van der Waals surface area contributed by atoms with Crippen LogP contribution in [0, 0.1) is 0 Å². The SMILES string of the molecule is C[C@H]1CN(C2CN(c3cnc4ccc(-c5ccc6c(c5)NC(N)O6)nc4n3)C2)CCN1. The summed E-state index contributed by atoms with van der Waals surface area (Å²) in [5.74, 6) is 1.65. The summed E-state index contributed by atoms with van der Waals surface area (Å²) in [6.07, 6.45) is 1.35. The first-order chi connectivity index (χ1) is 15.1. The summed E-state index contributed by atoms with van der Waals surface area (Å²) in [6.45, 7) is 7.52. The quantitative estimate of drug-likeness (QED) is 0.579. The van der Waals surface area contributed by atoms with Gasteiger partial charge >= 0.3 is 0 Å². The molecule has 2 aromatic heterocycles. The van der Waals surface area contributed by atoms with Crippen molar-refractivity contribution in [2.75, 3.05) is 42.9 Å². The lowest BCUT2D eigenvalue weighted by atomic mass is 10.1. The van der Waals surface area contributed by atoms with Gasteiger partial charge < -0.3 is 20.3 Å². The summed E-state index contributed by atoms with van der Waals surface area (Å²) in [6, 6.07) is 11.0. The summed E-state index contributed by atoms with van der Waals surface area (Å²) >= 11 is 0. The maximum Gasteiger partial charge on any atom is 0.225 e. The second kappa shape index (κ2) is 7.30. The Kier molecular flexibility index (Phi) is 4.41. The highest BCUT2D eigenvalue weighted by Gasteiger charge is 2.34. The van der Waals surface area contributed by atoms with Gasteiger partial charge in [-0.3, -0.25) is 10.6 Å². The van der Waals surface area contributed by atoms with Gasteiger partial charge in [-0.15, -0.1) is 0 Å². The molecule has 5 heterocycles. The number of pyridine rings is 1. The lowest BCUT2D eigenvalue weighted by Crippen LogP contribution is -2.64. The number of hydrogen-bond donors (Lipinski definition) is 3. The molecule has 9 nitrogen and oxygen atoms in total. The van der Waals surface area contributed by atoms with Crippen molar-refractivity contribution >= 4 is 22.7 Å². The number of rotatable bonds is 3. The Labute approximate surface area is 180 Å². The number of piperazine rings is 1. The molecule has 4 N–H and O–H groups in total. The van der Waals surface area contributed by atoms with Crippen LogP contribution in [-0.4, -0.2) is 71.0 Å². The van der Waals surface area contributed by atoms with Crippen molar-refractivity contribution in [3.8, 4) is 17.0 Å². The Bertz CT molecular complexity index is 1130. The van der Waals surface area contributed by atoms with E-state index in [1.807, 2.05) is 36.5 Å². The van der Waals surface area contributed by atoms with Gasteiger partial charge in [-0.25, -0.2) is 15.0 Å². The lowest BCUT2D eigenvalue weighted by molar-refractivity contribution is 0.126. The molecule has 2 atom stereocenters. The molecule has 160 valence electrons. The summed E-state index contributed by atoms with van der Waals surface area (Å²) in [7, 11) is 0. The van der Waals surface area contributed by atoms with E-state index in [0.717, 1.165) is 66.8 Å². The molecule has 2 fully saturated rings. The summed E-state index contributed by atoms with van der Waals surface area (Å²) < 4.78 is 5.50. The summed E-state index contributed by atoms with van der Waals surface area (Å²) in [5, 5.41) is 6.61. The van der Waals surface area contributed by atoms with E-state index >= 15 is 0 Å². The molecule has 0 aliphatic carbocycles. The Morgan fingerprint density at radius 1 is 1.13 bits per heavy atom. The Hall–Kier alpha value is -3.01. The smallest absolute Gasteiger partial charge is 0.225 e. The highest BCUT2D eigenvalue weighted by molar-refractivity contribution is 5.78. The van der Waals surface area contributed by atoms with E-state index in [9.17, 15) is 0 Å². The van der Waals surface area contributed by atoms with Crippen LogP contribution in [-0.2, 0) is 0 Å². The molecule has 1 aromatic carbocycles. The molecule has 0 amide bonds. The number of benzene rings is 1. The first-order valence-corrected chi connectivity index (χ1v) is 10.8. The number of fused-ring (bicyclic) bond motifs is 2. The van der Waals surface area contributed by atoms with Crippen LogP contribution in [0.15, 0.2) is 36.5 Å². The van der Waals surface area contributed by atoms with E-state index in [0.29, 0.717) is 17.7 Å². The zero-order valence-corrected chi connectivity index (χ0v) is 17.5. The fraction of sp³-hybridized carbons (Fsp3) is 0.409. The molecule has 0 radical (unpaired) electrons. The number of aromatic nitrogens is 3. The van der Waals surface area contributed by atoms with Crippen molar-refractivity contribution in [2.45, 2.75) is 25.4 Å². The molecule has 2 saturated heterocycles. The highest BCUT2D eigenvalue weighted by atomic mass is 16.5. The van der Waals surface area contributed by atoms with Crippen LogP contribution in [0.3, 0.4) is 0 Å². The normalized spacial score (nSPS) is 23.9. The number of nitrogens with zero attached hydrogens (tertiary/aromatic N) is 5. The zero-order valence-electron chi connectivity index (χ0n) is 17.5. The molecule has 31 heavy (non-hydrogen) atoms. The van der Waals surface area contributed by atoms with Gasteiger partial charge in [0.05, 0.1) is 17.6 Å². The largest absolute Gasteiger partial charge is 0.456 e. The molecular formula is C22H26N8O. The van der Waals surface area contributed by atoms with E-state index in [2.05, 4.69) is 32.3 Å². The van der Waals surface area contributed by atoms with Gasteiger partial charge in [-0.2, -0.15) is 0 Å². The number of nitrogens with two attached hydrogens (primary N) is 1. The minimum Gasteiger partial charge on any atom is -0.456 e. The predicted molar refractivity (Wildman–Crippen MR) is 120 cm³/mol. The summed E-state index contributed by atoms with van der Waals surface area (Å²) in [4.78, 5) is 19.1. The van der Waals surface area contributed by atoms with Crippen molar-refractivity contribution in [3.63, 3.8) is 0 Å². The fourth-order valence-corrected chi connectivity index (χ4v) is 4.59. The van der Waals surface area contributed by atoms with Crippen molar-refractivity contribution in [3.05, 3.63) is 36.5 Å². The Morgan fingerprint density at radius 2 is 2.03 bits per heavy atom. The minimum absolute atomic E-state index is 0.506. The third-order valence-corrected chi connectivity index (χ3v) is 6.32. The molecule has 6 rings (SSSR count). The molecule has 3 aromatic rings. The van der Waals surface area contributed by atoms with Gasteiger partial charge in [0.2, 0.25) is 6.35 Å². The maximum atomic E-state index is 5.80. The monoisotopic (exact) mass is 418 g/mol. The topological polar surface area (TPSA) is 104 Å². The predicted octanol–water partition coefficient (Wildman–Crippen LogP) is 1.22. The van der Waals surface area contributed by atoms with E-state index in [1.165, 1.54) is 0 Å². The van der Waals surface area contributed by atoms with Crippen LogP contribution in [0.5, 0.6) is 5.75 Å². The third kappa shape index (κ3) is 3.44. The lowest BCUT2D eigenvalue weighted by Gasteiger charge is -2.48.